The Labute approximate surface area is 298 Å². The smallest absolute Gasteiger partial charge is 0.240 e. The molecule has 3 amide bonds. The zero-order chi connectivity index (χ0) is 37.6. The molecule has 0 spiro atoms. The summed E-state index contributed by atoms with van der Waals surface area (Å²) < 4.78 is 5.08. The number of ketones is 1. The molecular formula is C37H73N7O5. The standard InChI is InChI=1S/C13H27N3O.C12H24N2O2.C12H22N2O2/c1-13(2)8-6-7-11(14-3)12(17)16(13)10-9-15(4)5;1-12(2)7-5-6-10(13-3)11(15)14(12)8-9-16-4;1-9(15)8-14-11(16)10(13-4)6-5-7-12(14,2)3/h11,14H,6-10H2,1-5H3;10,13H,5-9H2,1-4H3;10,13H,5-8H2,1-4H3. The second-order valence-corrected chi connectivity index (χ2v) is 16.0. The minimum atomic E-state index is -0.214. The number of ether oxygens (including phenoxy) is 1. The van der Waals surface area contributed by atoms with Crippen molar-refractivity contribution in [3.8, 4) is 0 Å². The van der Waals surface area contributed by atoms with Crippen LogP contribution in [0.25, 0.3) is 0 Å². The minimum Gasteiger partial charge on any atom is -0.383 e. The third-order valence-electron chi connectivity index (χ3n) is 10.4. The fraction of sp³-hybridized carbons (Fsp3) is 0.892. The molecule has 3 fully saturated rings. The highest BCUT2D eigenvalue weighted by atomic mass is 16.5. The Kier molecular flexibility index (Phi) is 18.9. The molecule has 3 heterocycles. The summed E-state index contributed by atoms with van der Waals surface area (Å²) in [4.78, 5) is 56.1. The maximum Gasteiger partial charge on any atom is 0.240 e. The zero-order valence-electron chi connectivity index (χ0n) is 33.5. The zero-order valence-corrected chi connectivity index (χ0v) is 33.5. The predicted octanol–water partition coefficient (Wildman–Crippen LogP) is 2.89. The number of nitrogens with one attached hydrogen (secondary N) is 3. The van der Waals surface area contributed by atoms with Crippen molar-refractivity contribution in [1.82, 2.24) is 35.6 Å². The third-order valence-corrected chi connectivity index (χ3v) is 10.4. The first kappa shape index (κ1) is 44.9. The predicted molar refractivity (Wildman–Crippen MR) is 199 cm³/mol. The van der Waals surface area contributed by atoms with Gasteiger partial charge in [-0.15, -0.1) is 0 Å². The molecule has 3 N–H and O–H groups in total. The largest absolute Gasteiger partial charge is 0.383 e. The summed E-state index contributed by atoms with van der Waals surface area (Å²) in [6.07, 6.45) is 9.05. The molecule has 3 rings (SSSR count). The number of likely N-dealkylation sites (N-methyl/N-ethyl adjacent to an activating group) is 4. The highest BCUT2D eigenvalue weighted by Gasteiger charge is 2.39. The van der Waals surface area contributed by atoms with Crippen LogP contribution in [-0.2, 0) is 23.9 Å². The maximum atomic E-state index is 12.4. The van der Waals surface area contributed by atoms with E-state index in [4.69, 9.17) is 4.74 Å². The number of amides is 3. The van der Waals surface area contributed by atoms with Gasteiger partial charge >= 0.3 is 0 Å². The molecule has 0 saturated carbocycles. The van der Waals surface area contributed by atoms with Crippen LogP contribution in [0.3, 0.4) is 0 Å². The van der Waals surface area contributed by atoms with Gasteiger partial charge in [0, 0.05) is 43.4 Å². The molecule has 0 radical (unpaired) electrons. The second-order valence-electron chi connectivity index (χ2n) is 16.0. The van der Waals surface area contributed by atoms with Gasteiger partial charge in [0.15, 0.2) is 0 Å². The van der Waals surface area contributed by atoms with Crippen LogP contribution < -0.4 is 16.0 Å². The van der Waals surface area contributed by atoms with E-state index in [1.165, 1.54) is 6.92 Å². The van der Waals surface area contributed by atoms with Crippen LogP contribution in [0.5, 0.6) is 0 Å². The molecule has 0 aromatic carbocycles. The van der Waals surface area contributed by atoms with Crippen molar-refractivity contribution in [2.75, 3.05) is 75.1 Å². The van der Waals surface area contributed by atoms with Gasteiger partial charge in [-0.3, -0.25) is 19.2 Å². The Morgan fingerprint density at radius 3 is 1.37 bits per heavy atom. The van der Waals surface area contributed by atoms with E-state index in [-0.39, 0.29) is 64.8 Å². The van der Waals surface area contributed by atoms with Gasteiger partial charge in [-0.2, -0.15) is 0 Å². The number of hydrogen-bond donors (Lipinski definition) is 3. The monoisotopic (exact) mass is 696 g/mol. The second kappa shape index (κ2) is 20.7. The molecule has 12 heteroatoms. The summed E-state index contributed by atoms with van der Waals surface area (Å²) >= 11 is 0. The first-order valence-corrected chi connectivity index (χ1v) is 18.4. The summed E-state index contributed by atoms with van der Waals surface area (Å²) in [5.41, 5.74) is -0.283. The van der Waals surface area contributed by atoms with Crippen molar-refractivity contribution >= 4 is 23.5 Å². The lowest BCUT2D eigenvalue weighted by atomic mass is 9.96. The van der Waals surface area contributed by atoms with Crippen LogP contribution in [0.2, 0.25) is 0 Å². The van der Waals surface area contributed by atoms with E-state index in [2.05, 4.69) is 53.4 Å². The molecule has 0 bridgehead atoms. The number of Topliss-reactive ketones (excluding diaryl/α,β-unsaturated/α-hetero) is 1. The quantitative estimate of drug-likeness (QED) is 0.299. The molecule has 0 aromatic heterocycles. The van der Waals surface area contributed by atoms with Crippen molar-refractivity contribution < 1.29 is 23.9 Å². The fourth-order valence-corrected chi connectivity index (χ4v) is 7.08. The van der Waals surface area contributed by atoms with Crippen molar-refractivity contribution in [2.45, 2.75) is 141 Å². The molecule has 3 aliphatic rings. The number of hydrogen-bond acceptors (Lipinski definition) is 9. The number of nitrogens with zero attached hydrogens (tertiary/aromatic N) is 4. The molecule has 49 heavy (non-hydrogen) atoms. The summed E-state index contributed by atoms with van der Waals surface area (Å²) in [6, 6.07) is -0.168. The van der Waals surface area contributed by atoms with Gasteiger partial charge in [-0.1, -0.05) is 0 Å². The number of carbonyl (C=O) groups is 4. The Morgan fingerprint density at radius 2 is 1.04 bits per heavy atom. The van der Waals surface area contributed by atoms with Gasteiger partial charge in [0.2, 0.25) is 17.7 Å². The van der Waals surface area contributed by atoms with Crippen LogP contribution in [0.15, 0.2) is 0 Å². The van der Waals surface area contributed by atoms with E-state index < -0.39 is 0 Å². The molecule has 0 aliphatic carbocycles. The molecule has 3 saturated heterocycles. The van der Waals surface area contributed by atoms with Crippen LogP contribution in [0.4, 0.5) is 0 Å². The number of likely N-dealkylation sites (tertiary alicyclic amines) is 3. The first-order valence-electron chi connectivity index (χ1n) is 18.4. The number of rotatable bonds is 11. The SMILES string of the molecule is CNC1CCCC(C)(C)N(CC(C)=O)C1=O.CNC1CCCC(C)(C)N(CCN(C)C)C1=O.CNC1CCCC(C)(C)N(CCOC)C1=O. The van der Waals surface area contributed by atoms with E-state index in [9.17, 15) is 19.2 Å². The summed E-state index contributed by atoms with van der Waals surface area (Å²) in [6.45, 7) is 17.5. The Morgan fingerprint density at radius 1 is 0.694 bits per heavy atom. The maximum absolute atomic E-state index is 12.4. The van der Waals surface area contributed by atoms with Crippen molar-refractivity contribution in [3.63, 3.8) is 0 Å². The van der Waals surface area contributed by atoms with Gasteiger partial charge in [-0.25, -0.2) is 0 Å². The topological polar surface area (TPSA) is 127 Å². The number of methoxy groups -OCH3 is 1. The van der Waals surface area contributed by atoms with Gasteiger partial charge in [0.1, 0.15) is 5.78 Å². The lowest BCUT2D eigenvalue weighted by molar-refractivity contribution is -0.141. The summed E-state index contributed by atoms with van der Waals surface area (Å²) in [7, 11) is 11.3. The van der Waals surface area contributed by atoms with Crippen LogP contribution in [0, 0.1) is 0 Å². The molecule has 286 valence electrons. The van der Waals surface area contributed by atoms with Crippen LogP contribution in [-0.4, -0.2) is 153 Å². The molecular weight excluding hydrogens is 622 g/mol. The average Bonchev–Trinajstić information content (AvgIpc) is 3.25. The van der Waals surface area contributed by atoms with Gasteiger partial charge in [0.05, 0.1) is 31.3 Å². The third kappa shape index (κ3) is 13.8. The fourth-order valence-electron chi connectivity index (χ4n) is 7.08. The molecule has 3 atom stereocenters. The molecule has 3 aliphatic heterocycles. The average molecular weight is 696 g/mol. The lowest BCUT2D eigenvalue weighted by Crippen LogP contribution is -2.53. The van der Waals surface area contributed by atoms with E-state index in [1.807, 2.05) is 46.9 Å². The molecule has 0 aromatic rings. The van der Waals surface area contributed by atoms with Crippen LogP contribution in [0.1, 0.15) is 106 Å². The minimum absolute atomic E-state index is 0.000984. The van der Waals surface area contributed by atoms with Crippen molar-refractivity contribution in [3.05, 3.63) is 0 Å². The van der Waals surface area contributed by atoms with Crippen molar-refractivity contribution in [1.29, 1.82) is 0 Å². The highest BCUT2D eigenvalue weighted by Crippen LogP contribution is 2.29. The van der Waals surface area contributed by atoms with Crippen LogP contribution >= 0.6 is 0 Å². The normalized spacial score (nSPS) is 25.4. The first-order chi connectivity index (χ1) is 22.8. The van der Waals surface area contributed by atoms with Gasteiger partial charge in [-0.05, 0) is 141 Å². The Hall–Kier alpha value is -2.12. The Balaban J connectivity index is 0.000000368. The Bertz CT molecular complexity index is 1050. The highest BCUT2D eigenvalue weighted by molar-refractivity contribution is 5.88. The molecule has 3 unspecified atom stereocenters. The van der Waals surface area contributed by atoms with Crippen molar-refractivity contribution in [2.24, 2.45) is 0 Å². The van der Waals surface area contributed by atoms with E-state index >= 15 is 0 Å². The summed E-state index contributed by atoms with van der Waals surface area (Å²) in [5, 5.41) is 9.28. The van der Waals surface area contributed by atoms with E-state index in [1.54, 1.807) is 19.1 Å². The van der Waals surface area contributed by atoms with E-state index in [0.717, 1.165) is 70.9 Å². The van der Waals surface area contributed by atoms with Gasteiger partial charge < -0.3 is 40.3 Å². The van der Waals surface area contributed by atoms with Gasteiger partial charge in [0.25, 0.3) is 0 Å². The van der Waals surface area contributed by atoms with E-state index in [0.29, 0.717) is 13.2 Å². The molecule has 12 nitrogen and oxygen atoms in total. The summed E-state index contributed by atoms with van der Waals surface area (Å²) in [5.74, 6) is 0.567. The lowest BCUT2D eigenvalue weighted by Gasteiger charge is -2.39. The number of carbonyl (C=O) groups excluding carboxylic acids is 4.